The Morgan fingerprint density at radius 1 is 1.21 bits per heavy atom. The largest absolute Gasteiger partial charge is 0.389 e. The third-order valence-corrected chi connectivity index (χ3v) is 4.09. The highest BCUT2D eigenvalue weighted by molar-refractivity contribution is 5.13. The summed E-state index contributed by atoms with van der Waals surface area (Å²) in [6.45, 7) is 1.89. The zero-order valence-electron chi connectivity index (χ0n) is 13.5. The molecule has 0 fully saturated rings. The molecule has 2 aromatic rings. The molecular weight excluding hydrogens is 308 g/mol. The summed E-state index contributed by atoms with van der Waals surface area (Å²) in [6, 6.07) is 9.32. The Kier molecular flexibility index (Phi) is 4.78. The van der Waals surface area contributed by atoms with Gasteiger partial charge in [-0.3, -0.25) is 9.36 Å². The van der Waals surface area contributed by atoms with Crippen molar-refractivity contribution < 1.29 is 9.84 Å². The first kappa shape index (κ1) is 16.4. The van der Waals surface area contributed by atoms with Crippen LogP contribution in [0.2, 0.25) is 0 Å². The van der Waals surface area contributed by atoms with Gasteiger partial charge < -0.3 is 9.84 Å². The van der Waals surface area contributed by atoms with Crippen molar-refractivity contribution in [3.63, 3.8) is 0 Å². The van der Waals surface area contributed by atoms with E-state index in [1.54, 1.807) is 25.3 Å². The van der Waals surface area contributed by atoms with Gasteiger partial charge in [0.2, 0.25) is 0 Å². The van der Waals surface area contributed by atoms with Crippen LogP contribution < -0.4 is 11.2 Å². The van der Waals surface area contributed by atoms with Crippen LogP contribution in [-0.4, -0.2) is 20.3 Å². The summed E-state index contributed by atoms with van der Waals surface area (Å²) in [4.78, 5) is 24.9. The van der Waals surface area contributed by atoms with Crippen LogP contribution in [0.25, 0.3) is 0 Å². The van der Waals surface area contributed by atoms with E-state index in [9.17, 15) is 14.7 Å². The molecule has 0 saturated heterocycles. The van der Waals surface area contributed by atoms with Crippen LogP contribution in [0.15, 0.2) is 58.3 Å². The van der Waals surface area contributed by atoms with E-state index >= 15 is 0 Å². The minimum absolute atomic E-state index is 0.104. The predicted molar refractivity (Wildman–Crippen MR) is 89.7 cm³/mol. The van der Waals surface area contributed by atoms with E-state index in [1.807, 2.05) is 30.3 Å². The van der Waals surface area contributed by atoms with Crippen molar-refractivity contribution in [1.29, 1.82) is 0 Å². The smallest absolute Gasteiger partial charge is 0.333 e. The van der Waals surface area contributed by atoms with Gasteiger partial charge in [-0.05, 0) is 12.5 Å². The number of hydrogen-bond acceptors (Lipinski definition) is 4. The Morgan fingerprint density at radius 2 is 1.96 bits per heavy atom. The molecule has 0 bridgehead atoms. The van der Waals surface area contributed by atoms with Crippen LogP contribution in [0.1, 0.15) is 23.6 Å². The zero-order chi connectivity index (χ0) is 17.1. The molecule has 1 aliphatic carbocycles. The van der Waals surface area contributed by atoms with E-state index in [-0.39, 0.29) is 18.3 Å². The Morgan fingerprint density at radius 3 is 2.62 bits per heavy atom. The number of nitrogens with zero attached hydrogens (tertiary/aromatic N) is 2. The van der Waals surface area contributed by atoms with Crippen molar-refractivity contribution in [2.45, 2.75) is 38.8 Å². The third kappa shape index (κ3) is 3.39. The number of hydrogen-bond donors (Lipinski definition) is 1. The molecule has 126 valence electrons. The van der Waals surface area contributed by atoms with Gasteiger partial charge in [-0.25, -0.2) is 9.36 Å². The normalized spacial score (nSPS) is 19.8. The number of ether oxygens (including phenoxy) is 1. The zero-order valence-corrected chi connectivity index (χ0v) is 13.5. The van der Waals surface area contributed by atoms with E-state index in [4.69, 9.17) is 4.74 Å². The van der Waals surface area contributed by atoms with Gasteiger partial charge in [0.05, 0.1) is 18.8 Å². The minimum atomic E-state index is -0.558. The van der Waals surface area contributed by atoms with Crippen molar-refractivity contribution >= 4 is 0 Å². The molecular formula is C18H20N2O4. The highest BCUT2D eigenvalue weighted by Crippen LogP contribution is 2.21. The van der Waals surface area contributed by atoms with Crippen LogP contribution >= 0.6 is 0 Å². The number of aliphatic hydroxyl groups excluding tert-OH is 1. The molecule has 2 unspecified atom stereocenters. The van der Waals surface area contributed by atoms with Crippen LogP contribution in [-0.2, 0) is 18.1 Å². The molecule has 1 aromatic heterocycles. The maximum atomic E-state index is 12.6. The lowest BCUT2D eigenvalue weighted by Gasteiger charge is -2.16. The van der Waals surface area contributed by atoms with Crippen LogP contribution in [0.4, 0.5) is 0 Å². The number of benzene rings is 1. The molecule has 6 heteroatoms. The monoisotopic (exact) mass is 328 g/mol. The van der Waals surface area contributed by atoms with Gasteiger partial charge in [0.15, 0.2) is 0 Å². The Balaban J connectivity index is 1.82. The highest BCUT2D eigenvalue weighted by atomic mass is 16.5. The van der Waals surface area contributed by atoms with E-state index in [1.165, 1.54) is 4.57 Å². The molecule has 3 rings (SSSR count). The van der Waals surface area contributed by atoms with Gasteiger partial charge in [0, 0.05) is 18.2 Å². The Bertz CT molecular complexity index is 852. The molecule has 24 heavy (non-hydrogen) atoms. The highest BCUT2D eigenvalue weighted by Gasteiger charge is 2.21. The molecule has 0 amide bonds. The average Bonchev–Trinajstić information content (AvgIpc) is 3.01. The standard InChI is InChI=1S/C18H20N2O4/c1-13-10-19(15-7-8-16(21)9-15)18(23)20(17(13)22)12-24-11-14-5-3-2-4-6-14/h2-8,10,15-16,21H,9,11-12H2,1H3. The lowest BCUT2D eigenvalue weighted by Crippen LogP contribution is -2.42. The maximum Gasteiger partial charge on any atom is 0.333 e. The topological polar surface area (TPSA) is 73.5 Å². The van der Waals surface area contributed by atoms with E-state index in [0.29, 0.717) is 18.6 Å². The molecule has 0 radical (unpaired) electrons. The lowest BCUT2D eigenvalue weighted by atomic mass is 10.2. The maximum absolute atomic E-state index is 12.6. The van der Waals surface area contributed by atoms with Gasteiger partial charge in [0.1, 0.15) is 6.73 Å². The third-order valence-electron chi connectivity index (χ3n) is 4.09. The summed E-state index contributed by atoms with van der Waals surface area (Å²) >= 11 is 0. The molecule has 0 spiro atoms. The van der Waals surface area contributed by atoms with Crippen LogP contribution in [0.5, 0.6) is 0 Å². The quantitative estimate of drug-likeness (QED) is 0.841. The molecule has 1 N–H and O–H groups in total. The molecule has 0 aliphatic heterocycles. The fraction of sp³-hybridized carbons (Fsp3) is 0.333. The van der Waals surface area contributed by atoms with Gasteiger partial charge in [-0.1, -0.05) is 42.5 Å². The second-order valence-electron chi connectivity index (χ2n) is 5.95. The molecule has 2 atom stereocenters. The summed E-state index contributed by atoms with van der Waals surface area (Å²) in [5.74, 6) is 0. The molecule has 1 aromatic carbocycles. The number of aryl methyl sites for hydroxylation is 1. The van der Waals surface area contributed by atoms with Gasteiger partial charge >= 0.3 is 5.69 Å². The summed E-state index contributed by atoms with van der Waals surface area (Å²) in [6.07, 6.45) is 4.86. The Labute approximate surface area is 139 Å². The van der Waals surface area contributed by atoms with Gasteiger partial charge in [-0.2, -0.15) is 0 Å². The first-order valence-electron chi connectivity index (χ1n) is 7.87. The number of allylic oxidation sites excluding steroid dienone is 1. The first-order chi connectivity index (χ1) is 11.6. The van der Waals surface area contributed by atoms with Crippen molar-refractivity contribution in [2.75, 3.05) is 0 Å². The lowest BCUT2D eigenvalue weighted by molar-refractivity contribution is 0.0573. The number of aromatic nitrogens is 2. The van der Waals surface area contributed by atoms with Crippen LogP contribution in [0.3, 0.4) is 0 Å². The first-order valence-corrected chi connectivity index (χ1v) is 7.87. The summed E-state index contributed by atoms with van der Waals surface area (Å²) in [5, 5.41) is 9.62. The fourth-order valence-electron chi connectivity index (χ4n) is 2.81. The fourth-order valence-corrected chi connectivity index (χ4v) is 2.81. The summed E-state index contributed by atoms with van der Waals surface area (Å²) in [7, 11) is 0. The van der Waals surface area contributed by atoms with Crippen molar-refractivity contribution in [1.82, 2.24) is 9.13 Å². The van der Waals surface area contributed by atoms with Crippen molar-refractivity contribution in [2.24, 2.45) is 0 Å². The molecule has 6 nitrogen and oxygen atoms in total. The second kappa shape index (κ2) is 6.98. The number of aliphatic hydroxyl groups is 1. The van der Waals surface area contributed by atoms with E-state index in [2.05, 4.69) is 0 Å². The van der Waals surface area contributed by atoms with Gasteiger partial charge in [-0.15, -0.1) is 0 Å². The predicted octanol–water partition coefficient (Wildman–Crippen LogP) is 1.35. The van der Waals surface area contributed by atoms with Crippen molar-refractivity contribution in [3.8, 4) is 0 Å². The van der Waals surface area contributed by atoms with E-state index < -0.39 is 11.8 Å². The second-order valence-corrected chi connectivity index (χ2v) is 5.95. The van der Waals surface area contributed by atoms with Gasteiger partial charge in [0.25, 0.3) is 5.56 Å². The average molecular weight is 328 g/mol. The Hall–Kier alpha value is -2.44. The molecule has 1 heterocycles. The summed E-state index contributed by atoms with van der Waals surface area (Å²) in [5.41, 5.74) is 0.655. The minimum Gasteiger partial charge on any atom is -0.389 e. The molecule has 1 aliphatic rings. The SMILES string of the molecule is Cc1cn(C2C=CC(O)C2)c(=O)n(COCc2ccccc2)c1=O. The summed E-state index contributed by atoms with van der Waals surface area (Å²) < 4.78 is 8.12. The molecule has 0 saturated carbocycles. The van der Waals surface area contributed by atoms with Crippen LogP contribution in [0, 0.1) is 6.92 Å². The van der Waals surface area contributed by atoms with E-state index in [0.717, 1.165) is 10.1 Å². The number of rotatable bonds is 5. The van der Waals surface area contributed by atoms with Crippen molar-refractivity contribution in [3.05, 3.63) is 80.6 Å².